The Balaban J connectivity index is 1.47. The normalized spacial score (nSPS) is 19.9. The van der Waals surface area contributed by atoms with Crippen molar-refractivity contribution in [3.63, 3.8) is 0 Å². The van der Waals surface area contributed by atoms with E-state index in [2.05, 4.69) is 60.3 Å². The molecule has 0 aliphatic carbocycles. The monoisotopic (exact) mass is 455 g/mol. The van der Waals surface area contributed by atoms with E-state index in [4.69, 9.17) is 10.1 Å². The molecule has 4 aromatic rings. The number of hydrogen-bond donors (Lipinski definition) is 3. The molecule has 0 bridgehead atoms. The molecule has 1 aliphatic rings. The maximum atomic E-state index is 4.81. The maximum Gasteiger partial charge on any atom is 0.245 e. The highest BCUT2D eigenvalue weighted by Gasteiger charge is 2.24. The van der Waals surface area contributed by atoms with E-state index in [1.165, 1.54) is 0 Å². The molecule has 4 heterocycles. The van der Waals surface area contributed by atoms with E-state index in [1.807, 2.05) is 24.3 Å². The SMILES string of the molecule is C[C@@H]1CN(c2nc(NCc3nc4ccccc4[nH]3)c3ncc(Br)n3n2)C[C@H](C)N1. The fraction of sp³-hybridized carbons (Fsp3) is 0.368. The number of rotatable bonds is 4. The second-order valence-corrected chi connectivity index (χ2v) is 8.32. The number of fused-ring (bicyclic) bond motifs is 2. The smallest absolute Gasteiger partial charge is 0.245 e. The minimum absolute atomic E-state index is 0.372. The summed E-state index contributed by atoms with van der Waals surface area (Å²) in [5.74, 6) is 2.21. The summed E-state index contributed by atoms with van der Waals surface area (Å²) >= 11 is 3.54. The van der Waals surface area contributed by atoms with Gasteiger partial charge in [-0.15, -0.1) is 5.10 Å². The first-order valence-electron chi connectivity index (χ1n) is 9.66. The minimum Gasteiger partial charge on any atom is -0.360 e. The van der Waals surface area contributed by atoms with Gasteiger partial charge in [0, 0.05) is 25.2 Å². The van der Waals surface area contributed by atoms with Crippen LogP contribution in [0.1, 0.15) is 19.7 Å². The molecule has 1 aromatic carbocycles. The van der Waals surface area contributed by atoms with Gasteiger partial charge in [-0.25, -0.2) is 9.97 Å². The fourth-order valence-electron chi connectivity index (χ4n) is 3.84. The predicted molar refractivity (Wildman–Crippen MR) is 116 cm³/mol. The van der Waals surface area contributed by atoms with Crippen LogP contribution in [0.15, 0.2) is 35.1 Å². The standard InChI is InChI=1S/C19H22BrN9/c1-11-9-28(10-12(2)23-11)19-26-17(18-22-7-15(20)29(18)27-19)21-8-16-24-13-5-3-4-6-14(13)25-16/h3-7,11-12,23H,8-10H2,1-2H3,(H,24,25)(H,21,26,27)/t11-,12+. The lowest BCUT2D eigenvalue weighted by Gasteiger charge is -2.36. The van der Waals surface area contributed by atoms with E-state index in [0.29, 0.717) is 36.0 Å². The maximum absolute atomic E-state index is 4.81. The van der Waals surface area contributed by atoms with Crippen LogP contribution in [0.2, 0.25) is 0 Å². The Morgan fingerprint density at radius 3 is 2.76 bits per heavy atom. The van der Waals surface area contributed by atoms with Crippen molar-refractivity contribution in [1.29, 1.82) is 0 Å². The Hall–Kier alpha value is -2.72. The molecule has 5 rings (SSSR count). The summed E-state index contributed by atoms with van der Waals surface area (Å²) in [5.41, 5.74) is 2.64. The Morgan fingerprint density at radius 2 is 1.97 bits per heavy atom. The van der Waals surface area contributed by atoms with Crippen molar-refractivity contribution >= 4 is 44.4 Å². The van der Waals surface area contributed by atoms with E-state index < -0.39 is 0 Å². The summed E-state index contributed by atoms with van der Waals surface area (Å²) in [6, 6.07) is 8.74. The van der Waals surface area contributed by atoms with Gasteiger partial charge in [-0.1, -0.05) is 12.1 Å². The zero-order valence-corrected chi connectivity index (χ0v) is 17.8. The van der Waals surface area contributed by atoms with E-state index in [1.54, 1.807) is 10.7 Å². The van der Waals surface area contributed by atoms with Crippen LogP contribution in [0.3, 0.4) is 0 Å². The number of halogens is 1. The quantitative estimate of drug-likeness (QED) is 0.434. The van der Waals surface area contributed by atoms with Gasteiger partial charge < -0.3 is 20.5 Å². The van der Waals surface area contributed by atoms with Gasteiger partial charge in [0.15, 0.2) is 11.5 Å². The second-order valence-electron chi connectivity index (χ2n) is 7.50. The molecule has 3 N–H and O–H groups in total. The lowest BCUT2D eigenvalue weighted by molar-refractivity contribution is 0.402. The molecule has 150 valence electrons. The van der Waals surface area contributed by atoms with Crippen molar-refractivity contribution in [2.75, 3.05) is 23.3 Å². The number of para-hydroxylation sites is 2. The summed E-state index contributed by atoms with van der Waals surface area (Å²) in [6.07, 6.45) is 1.74. The molecule has 0 saturated carbocycles. The Bertz CT molecular complexity index is 1120. The third-order valence-corrected chi connectivity index (χ3v) is 5.55. The number of benzene rings is 1. The van der Waals surface area contributed by atoms with Crippen LogP contribution in [-0.2, 0) is 6.54 Å². The molecule has 1 fully saturated rings. The van der Waals surface area contributed by atoms with Gasteiger partial charge in [0.1, 0.15) is 10.4 Å². The molecule has 10 heteroatoms. The molecule has 0 unspecified atom stereocenters. The number of aromatic nitrogens is 6. The topological polar surface area (TPSA) is 99.1 Å². The van der Waals surface area contributed by atoms with Gasteiger partial charge >= 0.3 is 0 Å². The summed E-state index contributed by atoms with van der Waals surface area (Å²) in [6.45, 7) is 6.57. The average Bonchev–Trinajstić information content (AvgIpc) is 3.28. The number of imidazole rings is 2. The van der Waals surface area contributed by atoms with Crippen molar-refractivity contribution in [2.45, 2.75) is 32.5 Å². The van der Waals surface area contributed by atoms with E-state index in [-0.39, 0.29) is 0 Å². The highest BCUT2D eigenvalue weighted by atomic mass is 79.9. The van der Waals surface area contributed by atoms with E-state index in [9.17, 15) is 0 Å². The number of aromatic amines is 1. The molecule has 0 spiro atoms. The fourth-order valence-corrected chi connectivity index (χ4v) is 4.19. The van der Waals surface area contributed by atoms with Crippen molar-refractivity contribution in [3.05, 3.63) is 40.9 Å². The number of nitrogens with zero attached hydrogens (tertiary/aromatic N) is 6. The van der Waals surface area contributed by atoms with Gasteiger partial charge in [0.05, 0.1) is 23.8 Å². The first-order chi connectivity index (χ1) is 14.1. The summed E-state index contributed by atoms with van der Waals surface area (Å²) < 4.78 is 2.57. The van der Waals surface area contributed by atoms with Crippen LogP contribution in [-0.4, -0.2) is 54.7 Å². The van der Waals surface area contributed by atoms with Crippen LogP contribution in [0.5, 0.6) is 0 Å². The van der Waals surface area contributed by atoms with E-state index in [0.717, 1.165) is 34.6 Å². The Labute approximate surface area is 176 Å². The second kappa shape index (κ2) is 7.27. The van der Waals surface area contributed by atoms with Crippen molar-refractivity contribution in [1.82, 2.24) is 34.9 Å². The highest BCUT2D eigenvalue weighted by molar-refractivity contribution is 9.10. The number of piperazine rings is 1. The van der Waals surface area contributed by atoms with Crippen LogP contribution in [0.25, 0.3) is 16.7 Å². The summed E-state index contributed by atoms with van der Waals surface area (Å²) in [4.78, 5) is 19.4. The third kappa shape index (κ3) is 3.53. The molecular weight excluding hydrogens is 434 g/mol. The van der Waals surface area contributed by atoms with Crippen molar-refractivity contribution in [3.8, 4) is 0 Å². The first-order valence-corrected chi connectivity index (χ1v) is 10.5. The van der Waals surface area contributed by atoms with Gasteiger partial charge in [0.2, 0.25) is 5.95 Å². The molecule has 0 radical (unpaired) electrons. The largest absolute Gasteiger partial charge is 0.360 e. The molecule has 2 atom stereocenters. The third-order valence-electron chi connectivity index (χ3n) is 5.01. The summed E-state index contributed by atoms with van der Waals surface area (Å²) in [5, 5.41) is 11.6. The van der Waals surface area contributed by atoms with Crippen LogP contribution in [0, 0.1) is 0 Å². The Kier molecular flexibility index (Phi) is 4.59. The number of hydrogen-bond acceptors (Lipinski definition) is 7. The molecule has 9 nitrogen and oxygen atoms in total. The average molecular weight is 456 g/mol. The minimum atomic E-state index is 0.372. The number of H-pyrrole nitrogens is 1. The van der Waals surface area contributed by atoms with Gasteiger partial charge in [-0.2, -0.15) is 9.50 Å². The number of anilines is 2. The molecule has 1 aliphatic heterocycles. The predicted octanol–water partition coefficient (Wildman–Crippen LogP) is 2.56. The number of nitrogens with one attached hydrogen (secondary N) is 3. The molecule has 1 saturated heterocycles. The lowest BCUT2D eigenvalue weighted by Crippen LogP contribution is -2.54. The Morgan fingerprint density at radius 1 is 1.17 bits per heavy atom. The van der Waals surface area contributed by atoms with E-state index >= 15 is 0 Å². The lowest BCUT2D eigenvalue weighted by atomic mass is 10.1. The highest BCUT2D eigenvalue weighted by Crippen LogP contribution is 2.23. The zero-order valence-electron chi connectivity index (χ0n) is 16.2. The molecular formula is C19H22BrN9. The van der Waals surface area contributed by atoms with Crippen LogP contribution in [0.4, 0.5) is 11.8 Å². The van der Waals surface area contributed by atoms with Gasteiger partial charge in [-0.3, -0.25) is 0 Å². The first kappa shape index (κ1) is 18.3. The van der Waals surface area contributed by atoms with Crippen molar-refractivity contribution in [2.24, 2.45) is 0 Å². The van der Waals surface area contributed by atoms with Crippen molar-refractivity contribution < 1.29 is 0 Å². The zero-order chi connectivity index (χ0) is 20.0. The summed E-state index contributed by atoms with van der Waals surface area (Å²) in [7, 11) is 0. The van der Waals surface area contributed by atoms with Gasteiger partial charge in [0.25, 0.3) is 0 Å². The van der Waals surface area contributed by atoms with Crippen LogP contribution < -0.4 is 15.5 Å². The van der Waals surface area contributed by atoms with Crippen LogP contribution >= 0.6 is 15.9 Å². The molecule has 0 amide bonds. The van der Waals surface area contributed by atoms with Gasteiger partial charge in [-0.05, 0) is 41.9 Å². The molecule has 3 aromatic heterocycles. The molecule has 29 heavy (non-hydrogen) atoms.